The Kier molecular flexibility index (Phi) is 9.32. The summed E-state index contributed by atoms with van der Waals surface area (Å²) >= 11 is 0. The Labute approximate surface area is 185 Å². The minimum atomic E-state index is -0.375. The number of nitrogens with one attached hydrogen (secondary N) is 1. The highest BCUT2D eigenvalue weighted by Crippen LogP contribution is 2.39. The van der Waals surface area contributed by atoms with Gasteiger partial charge in [-0.1, -0.05) is 67.3 Å². The number of nitrogens with two attached hydrogens (primary N) is 1. The van der Waals surface area contributed by atoms with Crippen LogP contribution in [-0.2, 0) is 10.2 Å². The average Bonchev–Trinajstić information content (AvgIpc) is 2.78. The van der Waals surface area contributed by atoms with Gasteiger partial charge in [-0.15, -0.1) is 0 Å². The summed E-state index contributed by atoms with van der Waals surface area (Å²) in [5, 5.41) is 3.16. The van der Waals surface area contributed by atoms with Crippen LogP contribution in [0.25, 0.3) is 0 Å². The van der Waals surface area contributed by atoms with Gasteiger partial charge in [0.15, 0.2) is 0 Å². The average molecular weight is 423 g/mol. The van der Waals surface area contributed by atoms with Crippen molar-refractivity contribution in [3.8, 4) is 5.75 Å². The van der Waals surface area contributed by atoms with Gasteiger partial charge < -0.3 is 15.8 Å². The van der Waals surface area contributed by atoms with Gasteiger partial charge in [0.1, 0.15) is 5.75 Å². The van der Waals surface area contributed by atoms with Crippen molar-refractivity contribution in [2.24, 2.45) is 5.73 Å². The van der Waals surface area contributed by atoms with Crippen molar-refractivity contribution in [2.45, 2.75) is 51.4 Å². The molecule has 0 heterocycles. The van der Waals surface area contributed by atoms with E-state index in [0.29, 0.717) is 17.9 Å². The van der Waals surface area contributed by atoms with Crippen molar-refractivity contribution in [1.82, 2.24) is 5.32 Å². The van der Waals surface area contributed by atoms with E-state index in [0.717, 1.165) is 18.4 Å². The van der Waals surface area contributed by atoms with E-state index in [2.05, 4.69) is 29.6 Å². The lowest BCUT2D eigenvalue weighted by molar-refractivity contribution is -0.113. The molecule has 0 aliphatic heterocycles. The summed E-state index contributed by atoms with van der Waals surface area (Å²) in [5.74, 6) is 0.181. The molecule has 3 rings (SSSR count). The lowest BCUT2D eigenvalue weighted by atomic mass is 9.69. The molecule has 0 unspecified atom stereocenters. The quantitative estimate of drug-likeness (QED) is 0.658. The van der Waals surface area contributed by atoms with Crippen LogP contribution in [0.4, 0.5) is 0 Å². The first-order chi connectivity index (χ1) is 14.9. The molecule has 2 aromatic rings. The molecule has 1 saturated carbocycles. The molecule has 166 valence electrons. The first-order valence-electron chi connectivity index (χ1n) is 10.8. The highest BCUT2D eigenvalue weighted by molar-refractivity contribution is 5.97. The Balaban J connectivity index is 0.000000423. The number of hydrogen-bond acceptors (Lipinski definition) is 3. The first-order valence-corrected chi connectivity index (χ1v) is 10.8. The van der Waals surface area contributed by atoms with Crippen molar-refractivity contribution in [3.63, 3.8) is 0 Å². The second-order valence-electron chi connectivity index (χ2n) is 8.21. The Morgan fingerprint density at radius 1 is 1.00 bits per heavy atom. The number of ether oxygens (including phenoxy) is 1. The highest BCUT2D eigenvalue weighted by atomic mass is 16.5. The number of carbonyl (C=O) groups is 2. The van der Waals surface area contributed by atoms with Gasteiger partial charge in [-0.25, -0.2) is 0 Å². The molecular weight excluding hydrogens is 388 g/mol. The third-order valence-electron chi connectivity index (χ3n) is 5.57. The summed E-state index contributed by atoms with van der Waals surface area (Å²) in [6, 6.07) is 18.0. The van der Waals surface area contributed by atoms with Crippen LogP contribution in [0.3, 0.4) is 0 Å². The molecule has 0 radical (unpaired) electrons. The van der Waals surface area contributed by atoms with Gasteiger partial charge >= 0.3 is 0 Å². The molecule has 1 fully saturated rings. The summed E-state index contributed by atoms with van der Waals surface area (Å²) in [6.45, 7) is 4.32. The zero-order chi connectivity index (χ0) is 22.7. The molecule has 0 atom stereocenters. The van der Waals surface area contributed by atoms with Crippen molar-refractivity contribution in [1.29, 1.82) is 0 Å². The lowest BCUT2D eigenvalue weighted by Crippen LogP contribution is -2.42. The van der Waals surface area contributed by atoms with Crippen molar-refractivity contribution in [3.05, 3.63) is 77.4 Å². The van der Waals surface area contributed by atoms with Gasteiger partial charge in [0.2, 0.25) is 5.91 Å². The highest BCUT2D eigenvalue weighted by Gasteiger charge is 2.34. The number of para-hydroxylation sites is 1. The van der Waals surface area contributed by atoms with Gasteiger partial charge in [-0.2, -0.15) is 0 Å². The topological polar surface area (TPSA) is 81.4 Å². The molecule has 5 heteroatoms. The first kappa shape index (κ1) is 24.2. The van der Waals surface area contributed by atoms with Gasteiger partial charge in [0, 0.05) is 18.0 Å². The van der Waals surface area contributed by atoms with E-state index in [1.165, 1.54) is 30.9 Å². The fraction of sp³-hybridized carbons (Fsp3) is 0.385. The fourth-order valence-electron chi connectivity index (χ4n) is 4.05. The van der Waals surface area contributed by atoms with E-state index >= 15 is 0 Å². The fourth-order valence-corrected chi connectivity index (χ4v) is 4.05. The summed E-state index contributed by atoms with van der Waals surface area (Å²) in [7, 11) is 1.60. The second kappa shape index (κ2) is 11.9. The van der Waals surface area contributed by atoms with Crippen molar-refractivity contribution >= 4 is 11.8 Å². The summed E-state index contributed by atoms with van der Waals surface area (Å²) in [6.07, 6.45) is 7.38. The number of primary amides is 1. The molecule has 31 heavy (non-hydrogen) atoms. The van der Waals surface area contributed by atoms with E-state index in [4.69, 9.17) is 10.5 Å². The van der Waals surface area contributed by atoms with Crippen LogP contribution in [0.15, 0.2) is 66.2 Å². The number of amides is 2. The molecule has 1 aliphatic rings. The largest absolute Gasteiger partial charge is 0.496 e. The summed E-state index contributed by atoms with van der Waals surface area (Å²) < 4.78 is 5.31. The van der Waals surface area contributed by atoms with E-state index in [9.17, 15) is 9.59 Å². The standard InChI is InChI=1S/C21H25NO2.C5H9NO/c1-24-19-13-7-6-12-18(19)20(23)22-16-21(14-8-3-9-15-21)17-10-4-2-5-11-17;1-4(2)3-5(6)7/h2,4-7,10-13H,3,8-9,14-16H2,1H3,(H,22,23);3H,1-2H3,(H2,6,7). The number of hydrogen-bond donors (Lipinski definition) is 2. The van der Waals surface area contributed by atoms with Gasteiger partial charge in [-0.3, -0.25) is 9.59 Å². The van der Waals surface area contributed by atoms with Crippen LogP contribution in [0.1, 0.15) is 61.9 Å². The Hall–Kier alpha value is -3.08. The van der Waals surface area contributed by atoms with Crippen LogP contribution in [-0.4, -0.2) is 25.5 Å². The number of methoxy groups -OCH3 is 1. The summed E-state index contributed by atoms with van der Waals surface area (Å²) in [5.41, 5.74) is 7.70. The maximum Gasteiger partial charge on any atom is 0.255 e. The van der Waals surface area contributed by atoms with Crippen LogP contribution >= 0.6 is 0 Å². The van der Waals surface area contributed by atoms with E-state index in [-0.39, 0.29) is 17.2 Å². The van der Waals surface area contributed by atoms with Crippen LogP contribution in [0.2, 0.25) is 0 Å². The minimum Gasteiger partial charge on any atom is -0.496 e. The lowest BCUT2D eigenvalue weighted by Gasteiger charge is -2.38. The molecule has 2 amide bonds. The molecule has 0 saturated heterocycles. The van der Waals surface area contributed by atoms with E-state index in [1.807, 2.05) is 44.2 Å². The zero-order valence-electron chi connectivity index (χ0n) is 18.8. The van der Waals surface area contributed by atoms with Crippen LogP contribution in [0.5, 0.6) is 5.75 Å². The Morgan fingerprint density at radius 2 is 1.61 bits per heavy atom. The zero-order valence-corrected chi connectivity index (χ0v) is 18.8. The van der Waals surface area contributed by atoms with E-state index in [1.54, 1.807) is 7.11 Å². The maximum atomic E-state index is 12.6. The number of benzene rings is 2. The predicted molar refractivity (Wildman–Crippen MR) is 125 cm³/mol. The molecule has 5 nitrogen and oxygen atoms in total. The van der Waals surface area contributed by atoms with Gasteiger partial charge in [-0.05, 0) is 44.4 Å². The minimum absolute atomic E-state index is 0.0528. The Bertz CT molecular complexity index is 881. The Morgan fingerprint density at radius 3 is 2.16 bits per heavy atom. The third kappa shape index (κ3) is 7.28. The molecule has 0 spiro atoms. The number of allylic oxidation sites excluding steroid dienone is 1. The SMILES string of the molecule is CC(C)=CC(N)=O.COc1ccccc1C(=O)NCC1(c2ccccc2)CCCCC1. The molecule has 0 bridgehead atoms. The molecule has 1 aliphatic carbocycles. The van der Waals surface area contributed by atoms with Gasteiger partial charge in [0.25, 0.3) is 5.91 Å². The third-order valence-corrected chi connectivity index (χ3v) is 5.57. The summed E-state index contributed by atoms with van der Waals surface area (Å²) in [4.78, 5) is 22.6. The number of carbonyl (C=O) groups excluding carboxylic acids is 2. The second-order valence-corrected chi connectivity index (χ2v) is 8.21. The number of rotatable bonds is 6. The normalized spacial score (nSPS) is 14.4. The molecular formula is C26H34N2O3. The van der Waals surface area contributed by atoms with Crippen molar-refractivity contribution in [2.75, 3.05) is 13.7 Å². The van der Waals surface area contributed by atoms with Crippen LogP contribution < -0.4 is 15.8 Å². The smallest absolute Gasteiger partial charge is 0.255 e. The van der Waals surface area contributed by atoms with Crippen molar-refractivity contribution < 1.29 is 14.3 Å². The van der Waals surface area contributed by atoms with Crippen LogP contribution in [0, 0.1) is 0 Å². The molecule has 2 aromatic carbocycles. The molecule has 3 N–H and O–H groups in total. The monoisotopic (exact) mass is 422 g/mol. The van der Waals surface area contributed by atoms with E-state index < -0.39 is 0 Å². The maximum absolute atomic E-state index is 12.6. The molecule has 0 aromatic heterocycles. The van der Waals surface area contributed by atoms with Gasteiger partial charge in [0.05, 0.1) is 12.7 Å². The predicted octanol–water partition coefficient (Wildman–Crippen LogP) is 4.77.